The summed E-state index contributed by atoms with van der Waals surface area (Å²) in [5.74, 6) is -0.0516. The standard InChI is InChI=1S/C8H8N4O/c9-7(13)5-1-6-2-10-4-12-8(6)11-3-5/h2-5H,1H2,(H2,9,13). The first-order valence-corrected chi connectivity index (χ1v) is 3.90. The number of aromatic nitrogens is 2. The lowest BCUT2D eigenvalue weighted by atomic mass is 9.99. The van der Waals surface area contributed by atoms with Crippen molar-refractivity contribution in [3.05, 3.63) is 18.1 Å². The van der Waals surface area contributed by atoms with Gasteiger partial charge in [-0.25, -0.2) is 15.0 Å². The number of nitrogens with two attached hydrogens (primary N) is 1. The van der Waals surface area contributed by atoms with Gasteiger partial charge in [0, 0.05) is 18.0 Å². The number of primary amides is 1. The molecule has 1 aromatic rings. The summed E-state index contributed by atoms with van der Waals surface area (Å²) in [6.07, 6.45) is 5.18. The summed E-state index contributed by atoms with van der Waals surface area (Å²) in [4.78, 5) is 22.7. The molecule has 2 rings (SSSR count). The average Bonchev–Trinajstić information content (AvgIpc) is 2.17. The summed E-state index contributed by atoms with van der Waals surface area (Å²) >= 11 is 0. The fraction of sp³-hybridized carbons (Fsp3) is 0.250. The Bertz CT molecular complexity index is 374. The van der Waals surface area contributed by atoms with E-state index in [4.69, 9.17) is 5.73 Å². The number of carbonyl (C=O) groups excluding carboxylic acids is 1. The molecule has 1 unspecified atom stereocenters. The predicted octanol–water partition coefficient (Wildman–Crippen LogP) is -0.164. The van der Waals surface area contributed by atoms with Crippen molar-refractivity contribution in [2.45, 2.75) is 6.42 Å². The Morgan fingerprint density at radius 1 is 1.62 bits per heavy atom. The molecule has 5 heteroatoms. The van der Waals surface area contributed by atoms with Crippen LogP contribution in [0.25, 0.3) is 0 Å². The Kier molecular flexibility index (Phi) is 1.77. The summed E-state index contributed by atoms with van der Waals surface area (Å²) < 4.78 is 0. The van der Waals surface area contributed by atoms with E-state index in [0.717, 1.165) is 5.56 Å². The molecular weight excluding hydrogens is 168 g/mol. The third kappa shape index (κ3) is 1.40. The van der Waals surface area contributed by atoms with Crippen LogP contribution in [0, 0.1) is 5.92 Å². The normalized spacial score (nSPS) is 19.5. The van der Waals surface area contributed by atoms with Crippen LogP contribution in [0.4, 0.5) is 5.82 Å². The number of carbonyl (C=O) groups is 1. The first-order chi connectivity index (χ1) is 6.27. The Balaban J connectivity index is 2.34. The first-order valence-electron chi connectivity index (χ1n) is 3.90. The molecule has 1 atom stereocenters. The van der Waals surface area contributed by atoms with E-state index >= 15 is 0 Å². The van der Waals surface area contributed by atoms with Crippen LogP contribution in [0.5, 0.6) is 0 Å². The highest BCUT2D eigenvalue weighted by atomic mass is 16.1. The lowest BCUT2D eigenvalue weighted by Crippen LogP contribution is -2.27. The van der Waals surface area contributed by atoms with Gasteiger partial charge in [0.15, 0.2) is 5.82 Å². The fourth-order valence-corrected chi connectivity index (χ4v) is 1.24. The summed E-state index contributed by atoms with van der Waals surface area (Å²) in [5.41, 5.74) is 6.02. The van der Waals surface area contributed by atoms with Gasteiger partial charge in [0.1, 0.15) is 6.33 Å². The van der Waals surface area contributed by atoms with Crippen LogP contribution in [-0.4, -0.2) is 22.1 Å². The quantitative estimate of drug-likeness (QED) is 0.645. The molecular formula is C8H8N4O. The lowest BCUT2D eigenvalue weighted by molar-refractivity contribution is -0.119. The van der Waals surface area contributed by atoms with Crippen molar-refractivity contribution in [3.8, 4) is 0 Å². The highest BCUT2D eigenvalue weighted by Crippen LogP contribution is 2.21. The maximum Gasteiger partial charge on any atom is 0.226 e. The van der Waals surface area contributed by atoms with Gasteiger partial charge >= 0.3 is 0 Å². The fourth-order valence-electron chi connectivity index (χ4n) is 1.24. The highest BCUT2D eigenvalue weighted by Gasteiger charge is 2.19. The molecule has 2 N–H and O–H groups in total. The molecule has 5 nitrogen and oxygen atoms in total. The Hall–Kier alpha value is -1.78. The topological polar surface area (TPSA) is 81.2 Å². The SMILES string of the molecule is NC(=O)C1C=Nc2ncncc2C1. The monoisotopic (exact) mass is 176 g/mol. The van der Waals surface area contributed by atoms with Crippen LogP contribution >= 0.6 is 0 Å². The largest absolute Gasteiger partial charge is 0.369 e. The van der Waals surface area contributed by atoms with E-state index in [9.17, 15) is 4.79 Å². The second-order valence-electron chi connectivity index (χ2n) is 2.86. The van der Waals surface area contributed by atoms with Crippen LogP contribution in [0.2, 0.25) is 0 Å². The molecule has 13 heavy (non-hydrogen) atoms. The number of nitrogens with zero attached hydrogens (tertiary/aromatic N) is 3. The van der Waals surface area contributed by atoms with Gasteiger partial charge in [-0.05, 0) is 6.42 Å². The van der Waals surface area contributed by atoms with E-state index in [-0.39, 0.29) is 11.8 Å². The molecule has 66 valence electrons. The summed E-state index contributed by atoms with van der Waals surface area (Å²) in [5, 5.41) is 0. The number of hydrogen-bond acceptors (Lipinski definition) is 4. The number of amides is 1. The third-order valence-electron chi connectivity index (χ3n) is 1.95. The van der Waals surface area contributed by atoms with Crippen molar-refractivity contribution in [3.63, 3.8) is 0 Å². The Morgan fingerprint density at radius 3 is 3.23 bits per heavy atom. The third-order valence-corrected chi connectivity index (χ3v) is 1.95. The zero-order chi connectivity index (χ0) is 9.26. The van der Waals surface area contributed by atoms with Gasteiger partial charge in [0.25, 0.3) is 0 Å². The van der Waals surface area contributed by atoms with Gasteiger partial charge in [0.2, 0.25) is 5.91 Å². The van der Waals surface area contributed by atoms with Gasteiger partial charge < -0.3 is 5.73 Å². The molecule has 0 aromatic carbocycles. The summed E-state index contributed by atoms with van der Waals surface area (Å²) in [6, 6.07) is 0. The summed E-state index contributed by atoms with van der Waals surface area (Å²) in [7, 11) is 0. The zero-order valence-corrected chi connectivity index (χ0v) is 6.84. The van der Waals surface area contributed by atoms with Crippen LogP contribution in [-0.2, 0) is 11.2 Å². The molecule has 0 saturated heterocycles. The maximum absolute atomic E-state index is 10.9. The minimum atomic E-state index is -0.363. The molecule has 0 saturated carbocycles. The minimum Gasteiger partial charge on any atom is -0.369 e. The van der Waals surface area contributed by atoms with Crippen molar-refractivity contribution in [1.82, 2.24) is 9.97 Å². The molecule has 0 bridgehead atoms. The molecule has 1 amide bonds. The molecule has 2 heterocycles. The molecule has 1 aromatic heterocycles. The van der Waals surface area contributed by atoms with Crippen LogP contribution in [0.3, 0.4) is 0 Å². The van der Waals surface area contributed by atoms with Crippen molar-refractivity contribution < 1.29 is 4.79 Å². The number of rotatable bonds is 1. The lowest BCUT2D eigenvalue weighted by Gasteiger charge is -2.13. The summed E-state index contributed by atoms with van der Waals surface area (Å²) in [6.45, 7) is 0. The Labute approximate surface area is 74.7 Å². The van der Waals surface area contributed by atoms with Crippen LogP contribution < -0.4 is 5.73 Å². The van der Waals surface area contributed by atoms with Gasteiger partial charge in [-0.15, -0.1) is 0 Å². The predicted molar refractivity (Wildman–Crippen MR) is 46.6 cm³/mol. The second kappa shape index (κ2) is 2.93. The van der Waals surface area contributed by atoms with Crippen molar-refractivity contribution in [2.75, 3.05) is 0 Å². The number of hydrogen-bond donors (Lipinski definition) is 1. The minimum absolute atomic E-state index is 0.321. The second-order valence-corrected chi connectivity index (χ2v) is 2.86. The highest BCUT2D eigenvalue weighted by molar-refractivity contribution is 5.94. The van der Waals surface area contributed by atoms with Gasteiger partial charge in [-0.3, -0.25) is 4.79 Å². The van der Waals surface area contributed by atoms with E-state index < -0.39 is 0 Å². The molecule has 0 fully saturated rings. The maximum atomic E-state index is 10.9. The van der Waals surface area contributed by atoms with Gasteiger partial charge in [-0.2, -0.15) is 0 Å². The van der Waals surface area contributed by atoms with Crippen LogP contribution in [0.1, 0.15) is 5.56 Å². The van der Waals surface area contributed by atoms with Crippen LogP contribution in [0.15, 0.2) is 17.5 Å². The first kappa shape index (κ1) is 7.85. The van der Waals surface area contributed by atoms with Gasteiger partial charge in [0.05, 0.1) is 5.92 Å². The average molecular weight is 176 g/mol. The van der Waals surface area contributed by atoms with E-state index in [1.54, 1.807) is 6.20 Å². The zero-order valence-electron chi connectivity index (χ0n) is 6.84. The molecule has 1 aliphatic rings. The van der Waals surface area contributed by atoms with E-state index in [0.29, 0.717) is 12.2 Å². The number of aliphatic imine (C=N–C) groups is 1. The van der Waals surface area contributed by atoms with Gasteiger partial charge in [-0.1, -0.05) is 0 Å². The molecule has 1 aliphatic heterocycles. The van der Waals surface area contributed by atoms with E-state index in [1.165, 1.54) is 12.5 Å². The van der Waals surface area contributed by atoms with E-state index in [2.05, 4.69) is 15.0 Å². The van der Waals surface area contributed by atoms with Crippen molar-refractivity contribution in [2.24, 2.45) is 16.6 Å². The van der Waals surface area contributed by atoms with Crippen molar-refractivity contribution >= 4 is 17.9 Å². The number of fused-ring (bicyclic) bond motifs is 1. The van der Waals surface area contributed by atoms with E-state index in [1.807, 2.05) is 0 Å². The Morgan fingerprint density at radius 2 is 2.46 bits per heavy atom. The molecule has 0 spiro atoms. The smallest absolute Gasteiger partial charge is 0.226 e. The molecule has 0 aliphatic carbocycles. The molecule has 0 radical (unpaired) electrons. The van der Waals surface area contributed by atoms with Crippen molar-refractivity contribution in [1.29, 1.82) is 0 Å².